The maximum atomic E-state index is 11.5. The lowest BCUT2D eigenvalue weighted by atomic mass is 10.1. The number of hydrogen-bond acceptors (Lipinski definition) is 5. The molecule has 0 unspecified atom stereocenters. The van der Waals surface area contributed by atoms with Gasteiger partial charge >= 0.3 is 5.97 Å². The van der Waals surface area contributed by atoms with E-state index in [-0.39, 0.29) is 0 Å². The molecule has 7 heteroatoms. The van der Waals surface area contributed by atoms with Gasteiger partial charge < -0.3 is 5.11 Å². The van der Waals surface area contributed by atoms with E-state index < -0.39 is 12.0 Å². The molecule has 6 nitrogen and oxygen atoms in total. The molecular formula is C15H16N4O2S. The second-order valence-corrected chi connectivity index (χ2v) is 6.18. The standard InChI is InChI=1S/C15H16N4O2S/c1-9-12(19-15(17-9)22-10(2)18-19)8-16-13(14(20)21)11-6-4-3-5-7-11/h3-7,13,16H,8H2,1-2H3,(H,20,21)/t13-/m1/s1. The van der Waals surface area contributed by atoms with Gasteiger partial charge in [-0.05, 0) is 19.4 Å². The predicted molar refractivity (Wildman–Crippen MR) is 84.0 cm³/mol. The third kappa shape index (κ3) is 2.72. The van der Waals surface area contributed by atoms with Crippen molar-refractivity contribution in [2.75, 3.05) is 0 Å². The lowest BCUT2D eigenvalue weighted by molar-refractivity contribution is -0.139. The molecule has 0 saturated heterocycles. The van der Waals surface area contributed by atoms with Crippen LogP contribution in [0.4, 0.5) is 0 Å². The van der Waals surface area contributed by atoms with E-state index >= 15 is 0 Å². The number of aromatic nitrogens is 3. The summed E-state index contributed by atoms with van der Waals surface area (Å²) in [6, 6.07) is 8.38. The molecule has 3 rings (SSSR count). The average Bonchev–Trinajstić information content (AvgIpc) is 2.96. The molecule has 1 aromatic carbocycles. The van der Waals surface area contributed by atoms with E-state index in [1.165, 1.54) is 11.3 Å². The Bertz CT molecular complexity index is 810. The Balaban J connectivity index is 1.85. The molecule has 0 fully saturated rings. The monoisotopic (exact) mass is 316 g/mol. The number of carbonyl (C=O) groups is 1. The van der Waals surface area contributed by atoms with Crippen molar-refractivity contribution in [2.24, 2.45) is 0 Å². The van der Waals surface area contributed by atoms with Crippen LogP contribution in [0.25, 0.3) is 4.96 Å². The number of fused-ring (bicyclic) bond motifs is 1. The predicted octanol–water partition coefficient (Wildman–Crippen LogP) is 2.32. The smallest absolute Gasteiger partial charge is 0.325 e. The Labute approximate surface area is 131 Å². The molecule has 0 bridgehead atoms. The van der Waals surface area contributed by atoms with E-state index in [1.807, 2.05) is 32.0 Å². The molecule has 22 heavy (non-hydrogen) atoms. The fourth-order valence-corrected chi connectivity index (χ4v) is 3.19. The quantitative estimate of drug-likeness (QED) is 0.755. The number of aliphatic carboxylic acids is 1. The summed E-state index contributed by atoms with van der Waals surface area (Å²) in [5.41, 5.74) is 2.48. The summed E-state index contributed by atoms with van der Waals surface area (Å²) in [6.45, 7) is 4.23. The number of rotatable bonds is 5. The molecule has 114 valence electrons. The molecule has 2 N–H and O–H groups in total. The molecule has 0 aliphatic heterocycles. The van der Waals surface area contributed by atoms with Crippen LogP contribution in [0, 0.1) is 13.8 Å². The summed E-state index contributed by atoms with van der Waals surface area (Å²) in [7, 11) is 0. The maximum absolute atomic E-state index is 11.5. The maximum Gasteiger partial charge on any atom is 0.325 e. The fraction of sp³-hybridized carbons (Fsp3) is 0.267. The van der Waals surface area contributed by atoms with Crippen LogP contribution in [0.2, 0.25) is 0 Å². The number of carboxylic acids is 1. The second-order valence-electron chi connectivity index (χ2n) is 5.02. The summed E-state index contributed by atoms with van der Waals surface area (Å²) in [4.78, 5) is 16.8. The lowest BCUT2D eigenvalue weighted by Crippen LogP contribution is -2.28. The summed E-state index contributed by atoms with van der Waals surface area (Å²) in [5.74, 6) is -0.904. The summed E-state index contributed by atoms with van der Waals surface area (Å²) < 4.78 is 1.78. The minimum absolute atomic E-state index is 0.391. The second kappa shape index (κ2) is 5.86. The highest BCUT2D eigenvalue weighted by molar-refractivity contribution is 7.16. The van der Waals surface area contributed by atoms with Crippen molar-refractivity contribution in [2.45, 2.75) is 26.4 Å². The van der Waals surface area contributed by atoms with Gasteiger partial charge in [0.15, 0.2) is 0 Å². The van der Waals surface area contributed by atoms with Crippen molar-refractivity contribution in [3.63, 3.8) is 0 Å². The molecule has 0 saturated carbocycles. The Morgan fingerprint density at radius 3 is 2.77 bits per heavy atom. The minimum atomic E-state index is -0.904. The van der Waals surface area contributed by atoms with Gasteiger partial charge in [0, 0.05) is 6.54 Å². The summed E-state index contributed by atoms with van der Waals surface area (Å²) in [6.07, 6.45) is 0. The van der Waals surface area contributed by atoms with Crippen molar-refractivity contribution >= 4 is 22.3 Å². The molecule has 0 radical (unpaired) electrons. The SMILES string of the molecule is Cc1nn2c(CN[C@@H](C(=O)O)c3ccccc3)c(C)nc2s1. The Morgan fingerprint density at radius 1 is 1.36 bits per heavy atom. The van der Waals surface area contributed by atoms with Gasteiger partial charge in [0.05, 0.1) is 11.4 Å². The van der Waals surface area contributed by atoms with Gasteiger partial charge in [-0.25, -0.2) is 9.50 Å². The third-order valence-corrected chi connectivity index (χ3v) is 4.28. The number of hydrogen-bond donors (Lipinski definition) is 2. The highest BCUT2D eigenvalue weighted by Gasteiger charge is 2.21. The van der Waals surface area contributed by atoms with E-state index in [0.717, 1.165) is 26.9 Å². The molecule has 1 atom stereocenters. The molecule has 0 amide bonds. The van der Waals surface area contributed by atoms with E-state index in [0.29, 0.717) is 6.54 Å². The van der Waals surface area contributed by atoms with Crippen LogP contribution in [0.5, 0.6) is 0 Å². The zero-order valence-corrected chi connectivity index (χ0v) is 13.1. The molecule has 2 heterocycles. The number of aryl methyl sites for hydroxylation is 2. The first kappa shape index (κ1) is 14.7. The van der Waals surface area contributed by atoms with Crippen LogP contribution in [0.15, 0.2) is 30.3 Å². The van der Waals surface area contributed by atoms with Crippen molar-refractivity contribution < 1.29 is 9.90 Å². The van der Waals surface area contributed by atoms with Crippen LogP contribution < -0.4 is 5.32 Å². The van der Waals surface area contributed by atoms with E-state index in [2.05, 4.69) is 15.4 Å². The highest BCUT2D eigenvalue weighted by atomic mass is 32.1. The van der Waals surface area contributed by atoms with Gasteiger partial charge in [0.1, 0.15) is 11.0 Å². The first-order valence-corrected chi connectivity index (χ1v) is 7.70. The molecule has 3 aromatic rings. The zero-order chi connectivity index (χ0) is 15.7. The average molecular weight is 316 g/mol. The fourth-order valence-electron chi connectivity index (χ4n) is 2.38. The van der Waals surface area contributed by atoms with Gasteiger partial charge in [0.2, 0.25) is 4.96 Å². The Morgan fingerprint density at radius 2 is 2.09 bits per heavy atom. The van der Waals surface area contributed by atoms with E-state index in [1.54, 1.807) is 16.6 Å². The first-order valence-electron chi connectivity index (χ1n) is 6.89. The van der Waals surface area contributed by atoms with E-state index in [4.69, 9.17) is 0 Å². The van der Waals surface area contributed by atoms with Crippen LogP contribution in [-0.2, 0) is 11.3 Å². The van der Waals surface area contributed by atoms with Gasteiger partial charge in [-0.2, -0.15) is 5.10 Å². The number of benzene rings is 1. The van der Waals surface area contributed by atoms with Gasteiger partial charge in [-0.1, -0.05) is 41.7 Å². The summed E-state index contributed by atoms with van der Waals surface area (Å²) >= 11 is 1.52. The lowest BCUT2D eigenvalue weighted by Gasteiger charge is -2.14. The van der Waals surface area contributed by atoms with Crippen molar-refractivity contribution in [1.29, 1.82) is 0 Å². The van der Waals surface area contributed by atoms with E-state index in [9.17, 15) is 9.90 Å². The largest absolute Gasteiger partial charge is 0.480 e. The first-order chi connectivity index (χ1) is 10.6. The van der Waals surface area contributed by atoms with Crippen LogP contribution >= 0.6 is 11.3 Å². The van der Waals surface area contributed by atoms with Crippen molar-refractivity contribution in [3.05, 3.63) is 52.3 Å². The Hall–Kier alpha value is -2.25. The van der Waals surface area contributed by atoms with Crippen LogP contribution in [0.3, 0.4) is 0 Å². The molecular weight excluding hydrogens is 300 g/mol. The molecule has 0 spiro atoms. The van der Waals surface area contributed by atoms with Crippen molar-refractivity contribution in [3.8, 4) is 0 Å². The topological polar surface area (TPSA) is 79.5 Å². The van der Waals surface area contributed by atoms with Gasteiger partial charge in [-0.15, -0.1) is 0 Å². The normalized spacial score (nSPS) is 12.6. The molecule has 2 aromatic heterocycles. The highest BCUT2D eigenvalue weighted by Crippen LogP contribution is 2.19. The van der Waals surface area contributed by atoms with Crippen LogP contribution in [0.1, 0.15) is 28.0 Å². The summed E-state index contributed by atoms with van der Waals surface area (Å²) in [5, 5.41) is 17.9. The van der Waals surface area contributed by atoms with Crippen molar-refractivity contribution in [1.82, 2.24) is 19.9 Å². The minimum Gasteiger partial charge on any atom is -0.480 e. The molecule has 0 aliphatic rings. The zero-order valence-electron chi connectivity index (χ0n) is 12.3. The Kier molecular flexibility index (Phi) is 3.91. The molecule has 0 aliphatic carbocycles. The van der Waals surface area contributed by atoms with Gasteiger partial charge in [-0.3, -0.25) is 10.1 Å². The number of nitrogens with one attached hydrogen (secondary N) is 1. The van der Waals surface area contributed by atoms with Gasteiger partial charge in [0.25, 0.3) is 0 Å². The number of imidazole rings is 1. The number of carboxylic acid groups (broad SMARTS) is 1. The number of nitrogens with zero attached hydrogens (tertiary/aromatic N) is 3. The van der Waals surface area contributed by atoms with Crippen LogP contribution in [-0.4, -0.2) is 25.7 Å². The third-order valence-electron chi connectivity index (χ3n) is 3.45.